The van der Waals surface area contributed by atoms with Crippen molar-refractivity contribution in [2.24, 2.45) is 0 Å². The Balaban J connectivity index is 1.61. The van der Waals surface area contributed by atoms with Crippen molar-refractivity contribution < 1.29 is 31.1 Å². The molecule has 0 unspecified atom stereocenters. The molecule has 3 aromatic carbocycles. The van der Waals surface area contributed by atoms with E-state index >= 15 is 0 Å². The first-order valence-electron chi connectivity index (χ1n) is 9.30. The summed E-state index contributed by atoms with van der Waals surface area (Å²) in [6.07, 6.45) is -4.61. The minimum atomic E-state index is -4.61. The van der Waals surface area contributed by atoms with Crippen molar-refractivity contribution in [1.29, 1.82) is 5.26 Å². The third-order valence-electron chi connectivity index (χ3n) is 4.22. The van der Waals surface area contributed by atoms with Crippen LogP contribution in [0, 0.1) is 11.3 Å². The molecule has 7 nitrogen and oxygen atoms in total. The second kappa shape index (κ2) is 9.62. The molecule has 33 heavy (non-hydrogen) atoms. The molecule has 0 aromatic heterocycles. The fraction of sp³-hybridized carbons (Fsp3) is 0.0909. The number of benzene rings is 3. The van der Waals surface area contributed by atoms with Gasteiger partial charge < -0.3 is 10.1 Å². The maximum atomic E-state index is 12.8. The molecule has 0 radical (unpaired) electrons. The SMILES string of the molecule is N#Cc1cccc(NC(=O)COc2ccc(S(=O)(=O)Nc3cccc(C(F)(F)F)c3)cc2)c1. The van der Waals surface area contributed by atoms with Gasteiger partial charge in [-0.05, 0) is 60.7 Å². The molecule has 0 fully saturated rings. The molecule has 0 saturated heterocycles. The van der Waals surface area contributed by atoms with E-state index < -0.39 is 27.7 Å². The van der Waals surface area contributed by atoms with Crippen LogP contribution in [-0.4, -0.2) is 20.9 Å². The number of hydrogen-bond acceptors (Lipinski definition) is 5. The van der Waals surface area contributed by atoms with Gasteiger partial charge in [0.15, 0.2) is 6.61 Å². The summed E-state index contributed by atoms with van der Waals surface area (Å²) in [5.41, 5.74) is -0.416. The summed E-state index contributed by atoms with van der Waals surface area (Å²) in [6.45, 7) is -0.370. The molecule has 0 saturated carbocycles. The standard InChI is InChI=1S/C22H16F3N3O4S/c23-22(24,25)16-4-2-6-18(12-16)28-33(30,31)20-9-7-19(8-10-20)32-14-21(29)27-17-5-1-3-15(11-17)13-26/h1-12,28H,14H2,(H,27,29). The summed E-state index contributed by atoms with van der Waals surface area (Å²) in [6, 6.07) is 17.1. The minimum Gasteiger partial charge on any atom is -0.484 e. The van der Waals surface area contributed by atoms with Gasteiger partial charge in [-0.25, -0.2) is 8.42 Å². The predicted octanol–water partition coefficient (Wildman–Crippen LogP) is 4.40. The Kier molecular flexibility index (Phi) is 6.89. The smallest absolute Gasteiger partial charge is 0.416 e. The fourth-order valence-corrected chi connectivity index (χ4v) is 3.75. The number of carbonyl (C=O) groups is 1. The average molecular weight is 475 g/mol. The quantitative estimate of drug-likeness (QED) is 0.527. The normalized spacial score (nSPS) is 11.3. The number of amides is 1. The van der Waals surface area contributed by atoms with E-state index in [0.29, 0.717) is 17.3 Å². The zero-order chi connectivity index (χ0) is 24.1. The minimum absolute atomic E-state index is 0.203. The summed E-state index contributed by atoms with van der Waals surface area (Å²) >= 11 is 0. The van der Waals surface area contributed by atoms with E-state index in [4.69, 9.17) is 10.00 Å². The number of anilines is 2. The highest BCUT2D eigenvalue weighted by atomic mass is 32.2. The van der Waals surface area contributed by atoms with Crippen LogP contribution in [0.15, 0.2) is 77.7 Å². The topological polar surface area (TPSA) is 108 Å². The van der Waals surface area contributed by atoms with Crippen LogP contribution in [0.2, 0.25) is 0 Å². The van der Waals surface area contributed by atoms with Gasteiger partial charge in [0, 0.05) is 11.4 Å². The van der Waals surface area contributed by atoms with Crippen LogP contribution in [0.1, 0.15) is 11.1 Å². The number of nitrogens with one attached hydrogen (secondary N) is 2. The van der Waals surface area contributed by atoms with Crippen LogP contribution in [0.3, 0.4) is 0 Å². The van der Waals surface area contributed by atoms with Crippen LogP contribution >= 0.6 is 0 Å². The number of carbonyl (C=O) groups excluding carboxylic acids is 1. The van der Waals surface area contributed by atoms with E-state index in [0.717, 1.165) is 12.1 Å². The van der Waals surface area contributed by atoms with Crippen molar-refractivity contribution >= 4 is 27.3 Å². The molecule has 0 aliphatic rings. The molecular weight excluding hydrogens is 459 g/mol. The lowest BCUT2D eigenvalue weighted by atomic mass is 10.2. The van der Waals surface area contributed by atoms with Crippen molar-refractivity contribution in [2.45, 2.75) is 11.1 Å². The van der Waals surface area contributed by atoms with E-state index in [1.54, 1.807) is 18.2 Å². The first-order valence-corrected chi connectivity index (χ1v) is 10.8. The molecule has 0 bridgehead atoms. The number of nitrogens with zero attached hydrogens (tertiary/aromatic N) is 1. The van der Waals surface area contributed by atoms with Crippen LogP contribution in [0.25, 0.3) is 0 Å². The Morgan fingerprint density at radius 2 is 1.64 bits per heavy atom. The van der Waals surface area contributed by atoms with E-state index in [2.05, 4.69) is 10.0 Å². The Bertz CT molecular complexity index is 1300. The van der Waals surface area contributed by atoms with E-state index in [-0.39, 0.29) is 22.9 Å². The molecule has 2 N–H and O–H groups in total. The van der Waals surface area contributed by atoms with E-state index in [9.17, 15) is 26.4 Å². The number of halogens is 3. The van der Waals surface area contributed by atoms with Crippen molar-refractivity contribution in [1.82, 2.24) is 0 Å². The molecule has 3 aromatic rings. The molecule has 0 aliphatic heterocycles. The number of ether oxygens (including phenoxy) is 1. The van der Waals surface area contributed by atoms with E-state index in [1.165, 1.54) is 36.4 Å². The Hall–Kier alpha value is -4.04. The maximum Gasteiger partial charge on any atom is 0.416 e. The predicted molar refractivity (Wildman–Crippen MR) is 114 cm³/mol. The molecule has 0 spiro atoms. The Labute approximate surface area is 187 Å². The average Bonchev–Trinajstić information content (AvgIpc) is 2.77. The van der Waals surface area contributed by atoms with Crippen LogP contribution in [0.4, 0.5) is 24.5 Å². The zero-order valence-electron chi connectivity index (χ0n) is 16.8. The molecule has 0 atom stereocenters. The highest BCUT2D eigenvalue weighted by molar-refractivity contribution is 7.92. The molecule has 0 aliphatic carbocycles. The summed E-state index contributed by atoms with van der Waals surface area (Å²) in [5, 5.41) is 11.4. The monoisotopic (exact) mass is 475 g/mol. The van der Waals surface area contributed by atoms with Gasteiger partial charge in [0.1, 0.15) is 5.75 Å². The van der Waals surface area contributed by atoms with Gasteiger partial charge in [-0.3, -0.25) is 9.52 Å². The number of rotatable bonds is 7. The van der Waals surface area contributed by atoms with Crippen LogP contribution in [-0.2, 0) is 21.0 Å². The van der Waals surface area contributed by atoms with E-state index in [1.807, 2.05) is 6.07 Å². The second-order valence-electron chi connectivity index (χ2n) is 6.68. The zero-order valence-corrected chi connectivity index (χ0v) is 17.6. The van der Waals surface area contributed by atoms with Crippen molar-refractivity contribution in [3.05, 3.63) is 83.9 Å². The van der Waals surface area contributed by atoms with Crippen LogP contribution in [0.5, 0.6) is 5.75 Å². The van der Waals surface area contributed by atoms with Gasteiger partial charge in [-0.15, -0.1) is 0 Å². The van der Waals surface area contributed by atoms with Gasteiger partial charge in [0.2, 0.25) is 0 Å². The highest BCUT2D eigenvalue weighted by Crippen LogP contribution is 2.31. The number of hydrogen-bond donors (Lipinski definition) is 2. The third-order valence-corrected chi connectivity index (χ3v) is 5.62. The molecular formula is C22H16F3N3O4S. The first kappa shape index (κ1) is 23.6. The van der Waals surface area contributed by atoms with Gasteiger partial charge in [0.05, 0.1) is 22.1 Å². The molecule has 11 heteroatoms. The summed E-state index contributed by atoms with van der Waals surface area (Å²) in [7, 11) is -4.15. The molecule has 170 valence electrons. The third kappa shape index (κ3) is 6.47. The van der Waals surface area contributed by atoms with Crippen molar-refractivity contribution in [3.8, 4) is 11.8 Å². The Morgan fingerprint density at radius 1 is 0.970 bits per heavy atom. The highest BCUT2D eigenvalue weighted by Gasteiger charge is 2.30. The lowest BCUT2D eigenvalue weighted by Crippen LogP contribution is -2.20. The second-order valence-corrected chi connectivity index (χ2v) is 8.37. The molecule has 3 rings (SSSR count). The first-order chi connectivity index (χ1) is 15.6. The molecule has 0 heterocycles. The maximum absolute atomic E-state index is 12.8. The Morgan fingerprint density at radius 3 is 2.30 bits per heavy atom. The summed E-state index contributed by atoms with van der Waals surface area (Å²) in [5.74, 6) is -0.290. The van der Waals surface area contributed by atoms with Crippen LogP contribution < -0.4 is 14.8 Å². The fourth-order valence-electron chi connectivity index (χ4n) is 2.70. The van der Waals surface area contributed by atoms with Gasteiger partial charge in [-0.1, -0.05) is 12.1 Å². The lowest BCUT2D eigenvalue weighted by Gasteiger charge is -2.12. The number of nitriles is 1. The summed E-state index contributed by atoms with van der Waals surface area (Å²) in [4.78, 5) is 11.8. The van der Waals surface area contributed by atoms with Gasteiger partial charge in [0.25, 0.3) is 15.9 Å². The van der Waals surface area contributed by atoms with Gasteiger partial charge in [-0.2, -0.15) is 18.4 Å². The van der Waals surface area contributed by atoms with Crippen molar-refractivity contribution in [3.63, 3.8) is 0 Å². The van der Waals surface area contributed by atoms with Gasteiger partial charge >= 0.3 is 6.18 Å². The summed E-state index contributed by atoms with van der Waals surface area (Å²) < 4.78 is 70.8. The largest absolute Gasteiger partial charge is 0.484 e. The van der Waals surface area contributed by atoms with Crippen molar-refractivity contribution in [2.75, 3.05) is 16.6 Å². The molecule has 1 amide bonds. The number of sulfonamides is 1. The number of alkyl halides is 3. The lowest BCUT2D eigenvalue weighted by molar-refractivity contribution is -0.137.